The highest BCUT2D eigenvalue weighted by atomic mass is 16.5. The third kappa shape index (κ3) is 2.88. The number of aromatic amines is 1. The molecule has 2 heterocycles. The number of piperidine rings is 1. The van der Waals surface area contributed by atoms with Crippen molar-refractivity contribution in [2.75, 3.05) is 34.4 Å². The number of hydrogen-bond donors (Lipinski definition) is 1. The quantitative estimate of drug-likeness (QED) is 0.914. The molecule has 0 bridgehead atoms. The number of hydrogen-bond acceptors (Lipinski definition) is 4. The first-order valence-electron chi connectivity index (χ1n) is 8.26. The Labute approximate surface area is 141 Å². The second-order valence-corrected chi connectivity index (χ2v) is 6.00. The van der Waals surface area contributed by atoms with Crippen LogP contribution in [0.4, 0.5) is 0 Å². The minimum Gasteiger partial charge on any atom is -0.493 e. The molecule has 1 fully saturated rings. The zero-order chi connectivity index (χ0) is 17.1. The molecule has 1 amide bonds. The number of ether oxygens (including phenoxy) is 3. The molecule has 6 heteroatoms. The summed E-state index contributed by atoms with van der Waals surface area (Å²) in [6.45, 7) is 1.71. The molecule has 130 valence electrons. The van der Waals surface area contributed by atoms with Crippen LogP contribution in [-0.2, 0) is 11.2 Å². The second kappa shape index (κ2) is 7.03. The molecular weight excluding hydrogens is 308 g/mol. The summed E-state index contributed by atoms with van der Waals surface area (Å²) in [5.74, 6) is 1.89. The van der Waals surface area contributed by atoms with E-state index in [1.165, 1.54) is 6.42 Å². The standard InChI is InChI=1S/C18H24N2O4/c1-22-14-10-13-16(18(24-3)17(14)23-2)12(11-19-13)9-15(21)20-7-5-4-6-8-20/h10-11,19H,4-9H2,1-3H3. The molecule has 0 unspecified atom stereocenters. The Morgan fingerprint density at radius 3 is 2.42 bits per heavy atom. The van der Waals surface area contributed by atoms with Crippen LogP contribution in [0, 0.1) is 0 Å². The monoisotopic (exact) mass is 332 g/mol. The number of rotatable bonds is 5. The van der Waals surface area contributed by atoms with E-state index >= 15 is 0 Å². The second-order valence-electron chi connectivity index (χ2n) is 6.00. The van der Waals surface area contributed by atoms with Gasteiger partial charge >= 0.3 is 0 Å². The molecule has 1 aromatic carbocycles. The zero-order valence-corrected chi connectivity index (χ0v) is 14.5. The Balaban J connectivity index is 1.98. The van der Waals surface area contributed by atoms with Crippen molar-refractivity contribution in [2.45, 2.75) is 25.7 Å². The molecule has 24 heavy (non-hydrogen) atoms. The fourth-order valence-electron chi connectivity index (χ4n) is 3.38. The van der Waals surface area contributed by atoms with Crippen LogP contribution in [0.15, 0.2) is 12.3 Å². The maximum Gasteiger partial charge on any atom is 0.227 e. The van der Waals surface area contributed by atoms with Gasteiger partial charge in [0.15, 0.2) is 11.5 Å². The van der Waals surface area contributed by atoms with Crippen molar-refractivity contribution in [2.24, 2.45) is 0 Å². The van der Waals surface area contributed by atoms with Gasteiger partial charge in [0.1, 0.15) is 0 Å². The predicted molar refractivity (Wildman–Crippen MR) is 92.1 cm³/mol. The van der Waals surface area contributed by atoms with Gasteiger partial charge in [0.05, 0.1) is 33.3 Å². The van der Waals surface area contributed by atoms with Gasteiger partial charge in [0.25, 0.3) is 0 Å². The lowest BCUT2D eigenvalue weighted by Crippen LogP contribution is -2.36. The third-order valence-corrected chi connectivity index (χ3v) is 4.60. The summed E-state index contributed by atoms with van der Waals surface area (Å²) in [6, 6.07) is 1.87. The van der Waals surface area contributed by atoms with E-state index in [1.54, 1.807) is 21.3 Å². The van der Waals surface area contributed by atoms with Crippen LogP contribution in [-0.4, -0.2) is 50.2 Å². The Hall–Kier alpha value is -2.37. The molecule has 0 atom stereocenters. The average Bonchev–Trinajstić information content (AvgIpc) is 3.03. The van der Waals surface area contributed by atoms with Gasteiger partial charge in [-0.3, -0.25) is 4.79 Å². The number of fused-ring (bicyclic) bond motifs is 1. The highest BCUT2D eigenvalue weighted by molar-refractivity contribution is 5.96. The molecule has 1 aromatic heterocycles. The first-order valence-corrected chi connectivity index (χ1v) is 8.26. The van der Waals surface area contributed by atoms with Crippen LogP contribution in [0.25, 0.3) is 10.9 Å². The van der Waals surface area contributed by atoms with Gasteiger partial charge in [0, 0.05) is 30.7 Å². The molecule has 0 radical (unpaired) electrons. The Morgan fingerprint density at radius 2 is 1.79 bits per heavy atom. The lowest BCUT2D eigenvalue weighted by atomic mass is 10.1. The number of methoxy groups -OCH3 is 3. The highest BCUT2D eigenvalue weighted by Crippen LogP contribution is 2.44. The van der Waals surface area contributed by atoms with Crippen molar-refractivity contribution in [3.63, 3.8) is 0 Å². The van der Waals surface area contributed by atoms with Gasteiger partial charge in [-0.15, -0.1) is 0 Å². The number of carbonyl (C=O) groups is 1. The van der Waals surface area contributed by atoms with Crippen molar-refractivity contribution in [3.05, 3.63) is 17.8 Å². The van der Waals surface area contributed by atoms with Crippen LogP contribution in [0.2, 0.25) is 0 Å². The molecule has 1 saturated heterocycles. The van der Waals surface area contributed by atoms with E-state index in [0.29, 0.717) is 23.7 Å². The maximum atomic E-state index is 12.6. The van der Waals surface area contributed by atoms with E-state index in [4.69, 9.17) is 14.2 Å². The molecule has 1 N–H and O–H groups in total. The summed E-state index contributed by atoms with van der Waals surface area (Å²) in [7, 11) is 4.77. The fourth-order valence-corrected chi connectivity index (χ4v) is 3.38. The summed E-state index contributed by atoms with van der Waals surface area (Å²) in [5, 5.41) is 0.875. The first kappa shape index (κ1) is 16.5. The normalized spacial score (nSPS) is 14.7. The smallest absolute Gasteiger partial charge is 0.227 e. The summed E-state index contributed by atoms with van der Waals surface area (Å²) in [5.41, 5.74) is 1.78. The number of likely N-dealkylation sites (tertiary alicyclic amines) is 1. The van der Waals surface area contributed by atoms with Crippen molar-refractivity contribution in [1.82, 2.24) is 9.88 Å². The maximum absolute atomic E-state index is 12.6. The van der Waals surface area contributed by atoms with E-state index in [-0.39, 0.29) is 5.91 Å². The number of nitrogens with zero attached hydrogens (tertiary/aromatic N) is 1. The minimum atomic E-state index is 0.160. The topological polar surface area (TPSA) is 63.8 Å². The summed E-state index contributed by atoms with van der Waals surface area (Å²) < 4.78 is 16.4. The Kier molecular flexibility index (Phi) is 4.83. The Bertz CT molecular complexity index is 732. The summed E-state index contributed by atoms with van der Waals surface area (Å²) in [6.07, 6.45) is 5.61. The van der Waals surface area contributed by atoms with Crippen molar-refractivity contribution >= 4 is 16.8 Å². The van der Waals surface area contributed by atoms with E-state index in [2.05, 4.69) is 4.98 Å². The number of carbonyl (C=O) groups excluding carboxylic acids is 1. The van der Waals surface area contributed by atoms with Crippen LogP contribution >= 0.6 is 0 Å². The minimum absolute atomic E-state index is 0.160. The molecule has 0 saturated carbocycles. The van der Waals surface area contributed by atoms with E-state index in [1.807, 2.05) is 17.2 Å². The fraction of sp³-hybridized carbons (Fsp3) is 0.500. The van der Waals surface area contributed by atoms with Gasteiger partial charge in [0.2, 0.25) is 11.7 Å². The van der Waals surface area contributed by atoms with Crippen LogP contribution in [0.5, 0.6) is 17.2 Å². The van der Waals surface area contributed by atoms with Crippen molar-refractivity contribution < 1.29 is 19.0 Å². The number of amides is 1. The molecule has 1 aliphatic heterocycles. The number of benzene rings is 1. The number of H-pyrrole nitrogens is 1. The van der Waals surface area contributed by atoms with Gasteiger partial charge in [-0.2, -0.15) is 0 Å². The molecule has 3 rings (SSSR count). The van der Waals surface area contributed by atoms with E-state index in [0.717, 1.165) is 42.4 Å². The van der Waals surface area contributed by atoms with Crippen LogP contribution in [0.3, 0.4) is 0 Å². The molecule has 0 aliphatic carbocycles. The highest BCUT2D eigenvalue weighted by Gasteiger charge is 2.23. The number of nitrogens with one attached hydrogen (secondary N) is 1. The van der Waals surface area contributed by atoms with Gasteiger partial charge in [-0.05, 0) is 24.8 Å². The van der Waals surface area contributed by atoms with E-state index < -0.39 is 0 Å². The number of aromatic nitrogens is 1. The SMILES string of the molecule is COc1cc2[nH]cc(CC(=O)N3CCCCC3)c2c(OC)c1OC. The molecule has 2 aromatic rings. The lowest BCUT2D eigenvalue weighted by Gasteiger charge is -2.26. The van der Waals surface area contributed by atoms with Crippen molar-refractivity contribution in [3.8, 4) is 17.2 Å². The lowest BCUT2D eigenvalue weighted by molar-refractivity contribution is -0.131. The average molecular weight is 332 g/mol. The van der Waals surface area contributed by atoms with Crippen LogP contribution in [0.1, 0.15) is 24.8 Å². The largest absolute Gasteiger partial charge is 0.493 e. The van der Waals surface area contributed by atoms with Crippen LogP contribution < -0.4 is 14.2 Å². The Morgan fingerprint density at radius 1 is 1.08 bits per heavy atom. The zero-order valence-electron chi connectivity index (χ0n) is 14.5. The molecule has 0 spiro atoms. The summed E-state index contributed by atoms with van der Waals surface area (Å²) in [4.78, 5) is 17.8. The van der Waals surface area contributed by atoms with Gasteiger partial charge < -0.3 is 24.1 Å². The summed E-state index contributed by atoms with van der Waals surface area (Å²) >= 11 is 0. The predicted octanol–water partition coefficient (Wildman–Crippen LogP) is 2.75. The van der Waals surface area contributed by atoms with Gasteiger partial charge in [-0.1, -0.05) is 0 Å². The van der Waals surface area contributed by atoms with Crippen molar-refractivity contribution in [1.29, 1.82) is 0 Å². The molecule has 1 aliphatic rings. The third-order valence-electron chi connectivity index (χ3n) is 4.60. The van der Waals surface area contributed by atoms with Gasteiger partial charge in [-0.25, -0.2) is 0 Å². The molecule has 6 nitrogen and oxygen atoms in total. The van der Waals surface area contributed by atoms with E-state index in [9.17, 15) is 4.79 Å². The molecular formula is C18H24N2O4. The first-order chi connectivity index (χ1) is 11.7.